The average Bonchev–Trinajstić information content (AvgIpc) is 2.50. The number of halogens is 2. The molecule has 0 atom stereocenters. The average molecular weight is 336 g/mol. The van der Waals surface area contributed by atoms with E-state index in [2.05, 4.69) is 10.1 Å². The van der Waals surface area contributed by atoms with E-state index < -0.39 is 6.61 Å². The number of carbonyl (C=O) groups is 1. The second kappa shape index (κ2) is 7.72. The second-order valence-corrected chi connectivity index (χ2v) is 5.40. The number of ether oxygens (including phenoxy) is 1. The van der Waals surface area contributed by atoms with Crippen molar-refractivity contribution < 1.29 is 18.3 Å². The summed E-state index contributed by atoms with van der Waals surface area (Å²) in [4.78, 5) is 23.6. The number of pyridine rings is 1. The van der Waals surface area contributed by atoms with Gasteiger partial charge < -0.3 is 14.6 Å². The molecule has 0 spiro atoms. The van der Waals surface area contributed by atoms with Crippen molar-refractivity contribution in [1.82, 2.24) is 4.57 Å². The Morgan fingerprint density at radius 1 is 1.33 bits per heavy atom. The highest BCUT2D eigenvalue weighted by molar-refractivity contribution is 5.90. The number of nitrogens with zero attached hydrogens (tertiary/aromatic N) is 1. The van der Waals surface area contributed by atoms with Crippen molar-refractivity contribution >= 4 is 11.6 Å². The fourth-order valence-corrected chi connectivity index (χ4v) is 2.30. The molecular formula is C17H18F2N2O3. The summed E-state index contributed by atoms with van der Waals surface area (Å²) >= 11 is 0. The highest BCUT2D eigenvalue weighted by Gasteiger charge is 2.08. The maximum Gasteiger partial charge on any atom is 0.387 e. The fourth-order valence-electron chi connectivity index (χ4n) is 2.30. The monoisotopic (exact) mass is 336 g/mol. The molecule has 0 radical (unpaired) electrons. The molecule has 7 heteroatoms. The van der Waals surface area contributed by atoms with E-state index in [4.69, 9.17) is 0 Å². The number of hydrogen-bond acceptors (Lipinski definition) is 3. The van der Waals surface area contributed by atoms with Crippen LogP contribution in [-0.4, -0.2) is 17.1 Å². The Morgan fingerprint density at radius 3 is 2.75 bits per heavy atom. The van der Waals surface area contributed by atoms with Crippen LogP contribution in [0.2, 0.25) is 0 Å². The predicted molar refractivity (Wildman–Crippen MR) is 86.4 cm³/mol. The number of amides is 1. The zero-order valence-electron chi connectivity index (χ0n) is 13.4. The van der Waals surface area contributed by atoms with Crippen LogP contribution < -0.4 is 15.6 Å². The van der Waals surface area contributed by atoms with E-state index in [1.54, 1.807) is 38.4 Å². The number of rotatable bonds is 6. The van der Waals surface area contributed by atoms with Crippen molar-refractivity contribution in [2.24, 2.45) is 7.05 Å². The number of alkyl halides is 2. The molecule has 1 aromatic heterocycles. The van der Waals surface area contributed by atoms with E-state index in [1.807, 2.05) is 0 Å². The third-order valence-corrected chi connectivity index (χ3v) is 3.41. The molecule has 1 aromatic carbocycles. The number of anilines is 1. The lowest BCUT2D eigenvalue weighted by molar-refractivity contribution is -0.116. The van der Waals surface area contributed by atoms with Crippen LogP contribution in [0.5, 0.6) is 5.75 Å². The summed E-state index contributed by atoms with van der Waals surface area (Å²) in [6.45, 7) is -1.21. The van der Waals surface area contributed by atoms with Crippen molar-refractivity contribution in [1.29, 1.82) is 0 Å². The van der Waals surface area contributed by atoms with Gasteiger partial charge in [-0.05, 0) is 37.1 Å². The van der Waals surface area contributed by atoms with Crippen LogP contribution in [0.25, 0.3) is 0 Å². The van der Waals surface area contributed by atoms with Crippen LogP contribution in [0, 0.1) is 6.92 Å². The molecule has 2 aromatic rings. The predicted octanol–water partition coefficient (Wildman–Crippen LogP) is 2.87. The van der Waals surface area contributed by atoms with Gasteiger partial charge in [0.15, 0.2) is 0 Å². The van der Waals surface area contributed by atoms with Crippen LogP contribution in [0.4, 0.5) is 14.5 Å². The lowest BCUT2D eigenvalue weighted by Gasteiger charge is -2.09. The molecule has 0 bridgehead atoms. The lowest BCUT2D eigenvalue weighted by atomic mass is 10.1. The van der Waals surface area contributed by atoms with E-state index in [0.717, 1.165) is 5.56 Å². The number of nitrogens with one attached hydrogen (secondary N) is 1. The zero-order valence-corrected chi connectivity index (χ0v) is 13.4. The Balaban J connectivity index is 1.95. The third-order valence-electron chi connectivity index (χ3n) is 3.41. The highest BCUT2D eigenvalue weighted by atomic mass is 19.3. The molecule has 0 fully saturated rings. The van der Waals surface area contributed by atoms with Crippen LogP contribution in [0.1, 0.15) is 17.5 Å². The van der Waals surface area contributed by atoms with Gasteiger partial charge in [-0.25, -0.2) is 0 Å². The van der Waals surface area contributed by atoms with Crippen molar-refractivity contribution in [3.63, 3.8) is 0 Å². The minimum atomic E-state index is -2.88. The van der Waals surface area contributed by atoms with Gasteiger partial charge in [0, 0.05) is 25.2 Å². The van der Waals surface area contributed by atoms with Crippen molar-refractivity contribution in [2.75, 3.05) is 5.32 Å². The molecule has 0 saturated carbocycles. The largest absolute Gasteiger partial charge is 0.435 e. The van der Waals surface area contributed by atoms with E-state index >= 15 is 0 Å². The van der Waals surface area contributed by atoms with Gasteiger partial charge in [-0.3, -0.25) is 9.59 Å². The van der Waals surface area contributed by atoms with Crippen LogP contribution in [0.3, 0.4) is 0 Å². The molecular weight excluding hydrogens is 318 g/mol. The van der Waals surface area contributed by atoms with E-state index in [-0.39, 0.29) is 23.6 Å². The minimum Gasteiger partial charge on any atom is -0.435 e. The lowest BCUT2D eigenvalue weighted by Crippen LogP contribution is -2.21. The number of aromatic nitrogens is 1. The smallest absolute Gasteiger partial charge is 0.387 e. The van der Waals surface area contributed by atoms with Gasteiger partial charge in [-0.15, -0.1) is 0 Å². The number of benzene rings is 1. The summed E-state index contributed by atoms with van der Waals surface area (Å²) in [6, 6.07) is 7.86. The van der Waals surface area contributed by atoms with Crippen LogP contribution in [-0.2, 0) is 18.3 Å². The van der Waals surface area contributed by atoms with Crippen molar-refractivity contribution in [2.45, 2.75) is 26.4 Å². The van der Waals surface area contributed by atoms with E-state index in [1.165, 1.54) is 16.7 Å². The molecule has 5 nitrogen and oxygen atoms in total. The first kappa shape index (κ1) is 17.7. The molecule has 0 aliphatic heterocycles. The second-order valence-electron chi connectivity index (χ2n) is 5.40. The van der Waals surface area contributed by atoms with Gasteiger partial charge in [-0.2, -0.15) is 8.78 Å². The number of carbonyl (C=O) groups excluding carboxylic acids is 1. The fraction of sp³-hybridized carbons (Fsp3) is 0.294. The summed E-state index contributed by atoms with van der Waals surface area (Å²) in [7, 11) is 1.61. The van der Waals surface area contributed by atoms with Gasteiger partial charge in [0.05, 0.1) is 5.69 Å². The maximum absolute atomic E-state index is 12.2. The van der Waals surface area contributed by atoms with E-state index in [9.17, 15) is 18.4 Å². The Labute approximate surface area is 137 Å². The Kier molecular flexibility index (Phi) is 5.68. The van der Waals surface area contributed by atoms with Crippen LogP contribution in [0.15, 0.2) is 41.3 Å². The standard InChI is InChI=1S/C17H18F2N2O3/c1-11-8-13(10-21(2)16(11)23)20-15(22)7-6-12-4-3-5-14(9-12)24-17(18)19/h3-5,8-10,17H,6-7H2,1-2H3,(H,20,22). The maximum atomic E-state index is 12.2. The van der Waals surface area contributed by atoms with Crippen LogP contribution >= 0.6 is 0 Å². The molecule has 1 amide bonds. The topological polar surface area (TPSA) is 60.3 Å². The number of hydrogen-bond donors (Lipinski definition) is 1. The quantitative estimate of drug-likeness (QED) is 0.882. The molecule has 1 N–H and O–H groups in total. The molecule has 128 valence electrons. The van der Waals surface area contributed by atoms with Gasteiger partial charge in [0.2, 0.25) is 5.91 Å². The Hall–Kier alpha value is -2.70. The highest BCUT2D eigenvalue weighted by Crippen LogP contribution is 2.17. The Morgan fingerprint density at radius 2 is 2.08 bits per heavy atom. The minimum absolute atomic E-state index is 0.0663. The van der Waals surface area contributed by atoms with Gasteiger partial charge in [0.25, 0.3) is 5.56 Å². The first-order chi connectivity index (χ1) is 11.3. The van der Waals surface area contributed by atoms with Gasteiger partial charge in [0.1, 0.15) is 5.75 Å². The molecule has 0 unspecified atom stereocenters. The molecule has 0 saturated heterocycles. The van der Waals surface area contributed by atoms with E-state index in [0.29, 0.717) is 17.7 Å². The summed E-state index contributed by atoms with van der Waals surface area (Å²) in [6.07, 6.45) is 2.11. The number of aryl methyl sites for hydroxylation is 3. The van der Waals surface area contributed by atoms with Gasteiger partial charge >= 0.3 is 6.61 Å². The normalized spacial score (nSPS) is 10.7. The summed E-state index contributed by atoms with van der Waals surface area (Å²) in [5.74, 6) is -0.162. The summed E-state index contributed by atoms with van der Waals surface area (Å²) in [5, 5.41) is 2.72. The third kappa shape index (κ3) is 4.91. The zero-order chi connectivity index (χ0) is 17.7. The molecule has 0 aliphatic rings. The Bertz CT molecular complexity index is 761. The molecule has 1 heterocycles. The SMILES string of the molecule is Cc1cc(NC(=O)CCc2cccc(OC(F)F)c2)cn(C)c1=O. The summed E-state index contributed by atoms with van der Waals surface area (Å²) < 4.78 is 30.1. The van der Waals surface area contributed by atoms with Crippen molar-refractivity contribution in [3.05, 3.63) is 58.0 Å². The molecule has 0 aliphatic carbocycles. The molecule has 24 heavy (non-hydrogen) atoms. The first-order valence-corrected chi connectivity index (χ1v) is 7.36. The molecule has 2 rings (SSSR count). The summed E-state index contributed by atoms with van der Waals surface area (Å²) in [5.41, 5.74) is 1.67. The first-order valence-electron chi connectivity index (χ1n) is 7.36. The van der Waals surface area contributed by atoms with Crippen molar-refractivity contribution in [3.8, 4) is 5.75 Å². The van der Waals surface area contributed by atoms with Gasteiger partial charge in [-0.1, -0.05) is 12.1 Å².